The summed E-state index contributed by atoms with van der Waals surface area (Å²) in [6.07, 6.45) is 0. The molecule has 10 nitrogen and oxygen atoms in total. The fraction of sp³-hybridized carbons (Fsp3) is 0.323. The lowest BCUT2D eigenvalue weighted by Gasteiger charge is -2.32. The molecule has 2 heterocycles. The summed E-state index contributed by atoms with van der Waals surface area (Å²) in [5.74, 6) is -2.15. The Balaban J connectivity index is 1.74. The number of hydrogen-bond donors (Lipinski definition) is 2. The number of aliphatic imine (C=N–C) groups is 1. The molecule has 2 N–H and O–H groups in total. The van der Waals surface area contributed by atoms with Crippen LogP contribution < -0.4 is 15.4 Å². The minimum Gasteiger partial charge on any atom is -0.495 e. The fourth-order valence-corrected chi connectivity index (χ4v) is 5.73. The first kappa shape index (κ1) is 30.4. The fourth-order valence-electron chi connectivity index (χ4n) is 5.00. The Morgan fingerprint density at radius 1 is 1.00 bits per heavy atom. The van der Waals surface area contributed by atoms with Crippen molar-refractivity contribution in [2.75, 3.05) is 31.0 Å². The van der Waals surface area contributed by atoms with Crippen LogP contribution in [0.25, 0.3) is 11.3 Å². The van der Waals surface area contributed by atoms with Crippen LogP contribution in [0, 0.1) is 5.92 Å². The topological polar surface area (TPSA) is 128 Å². The molecule has 2 unspecified atom stereocenters. The summed E-state index contributed by atoms with van der Waals surface area (Å²) in [5, 5.41) is 8.67. The number of carbonyl (C=O) groups excluding carboxylic acids is 3. The quantitative estimate of drug-likeness (QED) is 0.271. The maximum Gasteiger partial charge on any atom is 0.336 e. The van der Waals surface area contributed by atoms with Gasteiger partial charge in [-0.2, -0.15) is 0 Å². The highest BCUT2D eigenvalue weighted by atomic mass is 32.1. The third-order valence-electron chi connectivity index (χ3n) is 6.71. The first-order valence-electron chi connectivity index (χ1n) is 13.6. The van der Waals surface area contributed by atoms with Gasteiger partial charge in [0.25, 0.3) is 0 Å². The molecule has 1 aromatic heterocycles. The molecular weight excluding hydrogens is 556 g/mol. The van der Waals surface area contributed by atoms with Crippen molar-refractivity contribution in [3.8, 4) is 17.0 Å². The zero-order chi connectivity index (χ0) is 30.4. The minimum absolute atomic E-state index is 0.186. The van der Waals surface area contributed by atoms with Gasteiger partial charge in [-0.25, -0.2) is 9.78 Å². The van der Waals surface area contributed by atoms with Gasteiger partial charge >= 0.3 is 11.9 Å². The average Bonchev–Trinajstić information content (AvgIpc) is 3.41. The average molecular weight is 591 g/mol. The number of rotatable bonds is 10. The highest BCUT2D eigenvalue weighted by Gasteiger charge is 2.43. The van der Waals surface area contributed by atoms with Crippen LogP contribution in [0.2, 0.25) is 0 Å². The highest BCUT2D eigenvalue weighted by Crippen LogP contribution is 2.44. The van der Waals surface area contributed by atoms with E-state index in [0.717, 1.165) is 5.56 Å². The maximum absolute atomic E-state index is 13.3. The molecule has 42 heavy (non-hydrogen) atoms. The number of hydrogen-bond acceptors (Lipinski definition) is 10. The second-order valence-corrected chi connectivity index (χ2v) is 10.4. The van der Waals surface area contributed by atoms with E-state index in [1.54, 1.807) is 46.9 Å². The number of carbonyl (C=O) groups is 3. The maximum atomic E-state index is 13.3. The number of benzene rings is 2. The van der Waals surface area contributed by atoms with E-state index >= 15 is 0 Å². The Bertz CT molecular complexity index is 1560. The number of anilines is 3. The van der Waals surface area contributed by atoms with Crippen molar-refractivity contribution in [2.24, 2.45) is 10.9 Å². The van der Waals surface area contributed by atoms with Gasteiger partial charge in [-0.3, -0.25) is 14.6 Å². The first-order chi connectivity index (χ1) is 20.2. The van der Waals surface area contributed by atoms with Crippen LogP contribution in [0.5, 0.6) is 5.75 Å². The van der Waals surface area contributed by atoms with Gasteiger partial charge in [-0.05, 0) is 57.5 Å². The molecule has 4 rings (SSSR count). The van der Waals surface area contributed by atoms with Gasteiger partial charge in [-0.15, -0.1) is 11.3 Å². The number of aromatic nitrogens is 1. The zero-order valence-electron chi connectivity index (χ0n) is 24.4. The van der Waals surface area contributed by atoms with Gasteiger partial charge in [0.1, 0.15) is 11.7 Å². The number of ether oxygens (including phenoxy) is 3. The van der Waals surface area contributed by atoms with Crippen molar-refractivity contribution < 1.29 is 28.6 Å². The molecule has 0 fully saturated rings. The number of amides is 1. The molecule has 2 aromatic carbocycles. The van der Waals surface area contributed by atoms with E-state index < -0.39 is 23.8 Å². The summed E-state index contributed by atoms with van der Waals surface area (Å²) in [4.78, 5) is 47.5. The molecular formula is C31H34N4O6S. The third kappa shape index (κ3) is 6.52. The summed E-state index contributed by atoms with van der Waals surface area (Å²) >= 11 is 1.40. The van der Waals surface area contributed by atoms with Gasteiger partial charge < -0.3 is 24.8 Å². The van der Waals surface area contributed by atoms with E-state index in [-0.39, 0.29) is 19.1 Å². The van der Waals surface area contributed by atoms with Crippen molar-refractivity contribution in [1.29, 1.82) is 0 Å². The summed E-state index contributed by atoms with van der Waals surface area (Å²) in [7, 11) is 1.54. The van der Waals surface area contributed by atoms with Crippen LogP contribution in [0.4, 0.5) is 16.5 Å². The predicted octanol–water partition coefficient (Wildman–Crippen LogP) is 6.10. The number of para-hydroxylation sites is 1. The number of esters is 2. The van der Waals surface area contributed by atoms with Crippen molar-refractivity contribution in [1.82, 2.24) is 4.98 Å². The Kier molecular flexibility index (Phi) is 9.74. The SMILES string of the molecule is CCOC(=O)C1=C(C)N=C(C)C(C(=O)OCC)C1c1ccccc1Nc1nc(-c2ccc(OC)c(NC(C)=O)c2)cs1. The smallest absolute Gasteiger partial charge is 0.336 e. The number of nitrogens with zero attached hydrogens (tertiary/aromatic N) is 2. The van der Waals surface area contributed by atoms with Crippen LogP contribution >= 0.6 is 11.3 Å². The lowest BCUT2D eigenvalue weighted by molar-refractivity contribution is -0.146. The molecule has 0 saturated heterocycles. The van der Waals surface area contributed by atoms with Gasteiger partial charge in [0, 0.05) is 40.9 Å². The number of allylic oxidation sites excluding steroid dienone is 1. The molecule has 0 aliphatic carbocycles. The van der Waals surface area contributed by atoms with Gasteiger partial charge in [0.2, 0.25) is 5.91 Å². The van der Waals surface area contributed by atoms with Gasteiger partial charge in [-0.1, -0.05) is 18.2 Å². The molecule has 3 aromatic rings. The second kappa shape index (κ2) is 13.4. The van der Waals surface area contributed by atoms with E-state index in [9.17, 15) is 14.4 Å². The molecule has 0 bridgehead atoms. The van der Waals surface area contributed by atoms with Crippen molar-refractivity contribution in [3.63, 3.8) is 0 Å². The van der Waals surface area contributed by atoms with Crippen LogP contribution in [0.1, 0.15) is 46.1 Å². The van der Waals surface area contributed by atoms with Crippen LogP contribution in [-0.4, -0.2) is 48.9 Å². The first-order valence-corrected chi connectivity index (χ1v) is 14.4. The number of nitrogens with one attached hydrogen (secondary N) is 2. The molecule has 1 aliphatic rings. The van der Waals surface area contributed by atoms with Crippen LogP contribution in [-0.2, 0) is 23.9 Å². The summed E-state index contributed by atoms with van der Waals surface area (Å²) in [6.45, 7) is 8.82. The predicted molar refractivity (Wildman–Crippen MR) is 163 cm³/mol. The van der Waals surface area contributed by atoms with Gasteiger partial charge in [0.05, 0.1) is 37.3 Å². The zero-order valence-corrected chi connectivity index (χ0v) is 25.3. The lowest BCUT2D eigenvalue weighted by atomic mass is 9.75. The van der Waals surface area contributed by atoms with Crippen LogP contribution in [0.3, 0.4) is 0 Å². The monoisotopic (exact) mass is 590 g/mol. The van der Waals surface area contributed by atoms with E-state index in [1.807, 2.05) is 35.7 Å². The van der Waals surface area contributed by atoms with Crippen LogP contribution in [0.15, 0.2) is 64.1 Å². The van der Waals surface area contributed by atoms with E-state index in [1.165, 1.54) is 18.3 Å². The molecule has 0 radical (unpaired) electrons. The highest BCUT2D eigenvalue weighted by molar-refractivity contribution is 7.14. The summed E-state index contributed by atoms with van der Waals surface area (Å²) in [6, 6.07) is 12.9. The molecule has 11 heteroatoms. The second-order valence-electron chi connectivity index (χ2n) is 9.53. The van der Waals surface area contributed by atoms with Gasteiger partial charge in [0.15, 0.2) is 5.13 Å². The Labute approximate surface area is 248 Å². The van der Waals surface area contributed by atoms with Crippen molar-refractivity contribution >= 4 is 51.4 Å². The molecule has 1 aliphatic heterocycles. The van der Waals surface area contributed by atoms with Crippen molar-refractivity contribution in [3.05, 3.63) is 64.7 Å². The van der Waals surface area contributed by atoms with E-state index in [0.29, 0.717) is 50.5 Å². The third-order valence-corrected chi connectivity index (χ3v) is 7.47. The standard InChI is InChI=1S/C31H34N4O6S/c1-7-40-29(37)26-17(3)32-18(4)27(30(38)41-8-2)28(26)21-11-9-10-12-22(21)34-31-35-24(16-42-31)20-13-14-25(39-6)23(15-20)33-19(5)36/h9-16,26,28H,7-8H2,1-6H3,(H,33,36)(H,34,35). The summed E-state index contributed by atoms with van der Waals surface area (Å²) < 4.78 is 16.2. The van der Waals surface area contributed by atoms with E-state index in [2.05, 4.69) is 15.6 Å². The molecule has 0 spiro atoms. The normalized spacial score (nSPS) is 16.4. The molecule has 0 saturated carbocycles. The minimum atomic E-state index is -0.811. The number of thiazole rings is 1. The number of methoxy groups -OCH3 is 1. The van der Waals surface area contributed by atoms with Crippen molar-refractivity contribution in [2.45, 2.75) is 40.5 Å². The molecule has 220 valence electrons. The lowest BCUT2D eigenvalue weighted by Crippen LogP contribution is -2.36. The Morgan fingerprint density at radius 3 is 2.43 bits per heavy atom. The Morgan fingerprint density at radius 2 is 1.74 bits per heavy atom. The van der Waals surface area contributed by atoms with E-state index in [4.69, 9.17) is 19.2 Å². The largest absolute Gasteiger partial charge is 0.495 e. The molecule has 1 amide bonds. The summed E-state index contributed by atoms with van der Waals surface area (Å²) in [5.41, 5.74) is 4.80. The molecule has 2 atom stereocenters. The Hall–Kier alpha value is -4.51.